The van der Waals surface area contributed by atoms with Crippen molar-refractivity contribution in [3.8, 4) is 0 Å². The van der Waals surface area contributed by atoms with E-state index in [1.54, 1.807) is 0 Å². The van der Waals surface area contributed by atoms with Gasteiger partial charge in [-0.3, -0.25) is 0 Å². The molecule has 0 spiro atoms. The number of halogens is 3. The van der Waals surface area contributed by atoms with Gasteiger partial charge in [-0.1, -0.05) is 0 Å². The lowest BCUT2D eigenvalue weighted by atomic mass is 10.2. The Morgan fingerprint density at radius 3 is 2.67 bits per heavy atom. The zero-order chi connectivity index (χ0) is 11.5. The Kier molecular flexibility index (Phi) is 3.53. The van der Waals surface area contributed by atoms with Gasteiger partial charge in [0.2, 0.25) is 5.79 Å². The molecule has 88 valence electrons. The van der Waals surface area contributed by atoms with Gasteiger partial charge in [-0.05, 0) is 0 Å². The Hall–Kier alpha value is -0.860. The number of morpholine rings is 1. The van der Waals surface area contributed by atoms with E-state index in [0.717, 1.165) is 0 Å². The second-order valence-corrected chi connectivity index (χ2v) is 2.98. The van der Waals surface area contributed by atoms with Gasteiger partial charge in [-0.15, -0.1) is 0 Å². The molecule has 1 saturated heterocycles. The largest absolute Gasteiger partial charge is 0.491 e. The first-order chi connectivity index (χ1) is 6.90. The molecule has 0 radical (unpaired) electrons. The van der Waals surface area contributed by atoms with E-state index in [-0.39, 0.29) is 13.2 Å². The monoisotopic (exact) mass is 229 g/mol. The molecule has 1 aliphatic heterocycles. The predicted molar refractivity (Wildman–Crippen MR) is 40.8 cm³/mol. The van der Waals surface area contributed by atoms with E-state index in [0.29, 0.717) is 6.54 Å². The number of rotatable bonds is 2. The van der Waals surface area contributed by atoms with E-state index in [9.17, 15) is 18.0 Å². The first kappa shape index (κ1) is 12.2. The molecule has 8 heteroatoms. The number of ether oxygens (including phenoxy) is 2. The van der Waals surface area contributed by atoms with Crippen LogP contribution in [-0.4, -0.2) is 49.3 Å². The fraction of sp³-hybridized carbons (Fsp3) is 0.857. The summed E-state index contributed by atoms with van der Waals surface area (Å²) in [6.07, 6.45) is -5.09. The van der Waals surface area contributed by atoms with Crippen molar-refractivity contribution in [1.82, 2.24) is 5.32 Å². The third kappa shape index (κ3) is 3.05. The minimum absolute atomic E-state index is 0.0612. The highest BCUT2D eigenvalue weighted by Gasteiger charge is 2.47. The summed E-state index contributed by atoms with van der Waals surface area (Å²) >= 11 is 0. The fourth-order valence-corrected chi connectivity index (χ4v) is 1.07. The molecule has 1 atom stereocenters. The lowest BCUT2D eigenvalue weighted by Crippen LogP contribution is -2.56. The van der Waals surface area contributed by atoms with Crippen LogP contribution in [0.5, 0.6) is 0 Å². The molecule has 0 aromatic carbocycles. The van der Waals surface area contributed by atoms with Gasteiger partial charge in [-0.2, -0.15) is 13.2 Å². The molecule has 15 heavy (non-hydrogen) atoms. The maximum Gasteiger partial charge on any atom is 0.491 e. The van der Waals surface area contributed by atoms with Gasteiger partial charge in [0.05, 0.1) is 13.2 Å². The Morgan fingerprint density at radius 1 is 1.60 bits per heavy atom. The van der Waals surface area contributed by atoms with Crippen molar-refractivity contribution in [2.24, 2.45) is 0 Å². The Morgan fingerprint density at radius 2 is 2.27 bits per heavy atom. The molecule has 0 aliphatic carbocycles. The van der Waals surface area contributed by atoms with Crippen molar-refractivity contribution in [3.63, 3.8) is 0 Å². The summed E-state index contributed by atoms with van der Waals surface area (Å²) < 4.78 is 44.6. The minimum Gasteiger partial charge on any atom is -0.422 e. The number of carbonyl (C=O) groups excluding carboxylic acids is 1. The predicted octanol–water partition coefficient (Wildman–Crippen LogP) is -0.600. The number of carbonyl (C=O) groups is 1. The van der Waals surface area contributed by atoms with Crippen molar-refractivity contribution in [2.45, 2.75) is 12.0 Å². The molecule has 1 rings (SSSR count). The van der Waals surface area contributed by atoms with Crippen molar-refractivity contribution in [3.05, 3.63) is 0 Å². The molecular formula is C7H10F3NO4. The highest BCUT2D eigenvalue weighted by atomic mass is 19.4. The summed E-state index contributed by atoms with van der Waals surface area (Å²) in [4.78, 5) is 10.5. The lowest BCUT2D eigenvalue weighted by Gasteiger charge is -2.35. The summed E-state index contributed by atoms with van der Waals surface area (Å²) in [5.74, 6) is -4.30. The third-order valence-electron chi connectivity index (χ3n) is 1.79. The number of aliphatic hydroxyl groups excluding tert-OH is 1. The second-order valence-electron chi connectivity index (χ2n) is 2.98. The Bertz CT molecular complexity index is 237. The van der Waals surface area contributed by atoms with Crippen LogP contribution >= 0.6 is 0 Å². The van der Waals surface area contributed by atoms with Crippen LogP contribution in [0.3, 0.4) is 0 Å². The Labute approximate surface area is 83.2 Å². The minimum atomic E-state index is -5.09. The van der Waals surface area contributed by atoms with Gasteiger partial charge in [0.25, 0.3) is 0 Å². The zero-order valence-corrected chi connectivity index (χ0v) is 7.63. The quantitative estimate of drug-likeness (QED) is 0.619. The standard InChI is InChI=1S/C7H10F3NO4/c8-7(9,10)5(13)15-6(4-12)3-11-1-2-14-6/h11-12H,1-4H2/t6-/m1/s1. The average molecular weight is 229 g/mol. The highest BCUT2D eigenvalue weighted by Crippen LogP contribution is 2.22. The summed E-state index contributed by atoms with van der Waals surface area (Å²) in [5.41, 5.74) is 0. The van der Waals surface area contributed by atoms with Gasteiger partial charge >= 0.3 is 12.1 Å². The van der Waals surface area contributed by atoms with E-state index < -0.39 is 24.5 Å². The summed E-state index contributed by atoms with van der Waals surface area (Å²) in [6, 6.07) is 0. The van der Waals surface area contributed by atoms with Crippen molar-refractivity contribution >= 4 is 5.97 Å². The van der Waals surface area contributed by atoms with Crippen LogP contribution in [0.4, 0.5) is 13.2 Å². The third-order valence-corrected chi connectivity index (χ3v) is 1.79. The molecule has 0 amide bonds. The second kappa shape index (κ2) is 4.33. The van der Waals surface area contributed by atoms with Crippen molar-refractivity contribution in [2.75, 3.05) is 26.3 Å². The van der Waals surface area contributed by atoms with Gasteiger partial charge in [0, 0.05) is 6.54 Å². The van der Waals surface area contributed by atoms with Crippen LogP contribution in [0.2, 0.25) is 0 Å². The molecule has 1 aliphatic rings. The average Bonchev–Trinajstić information content (AvgIpc) is 2.18. The summed E-state index contributed by atoms with van der Waals surface area (Å²) in [5, 5.41) is 11.5. The van der Waals surface area contributed by atoms with E-state index in [1.807, 2.05) is 0 Å². The number of hydrogen-bond donors (Lipinski definition) is 2. The molecule has 2 N–H and O–H groups in total. The maximum atomic E-state index is 11.9. The van der Waals surface area contributed by atoms with E-state index in [1.165, 1.54) is 0 Å². The van der Waals surface area contributed by atoms with Crippen molar-refractivity contribution in [1.29, 1.82) is 0 Å². The summed E-state index contributed by atoms with van der Waals surface area (Å²) in [6.45, 7) is -0.524. The molecule has 1 fully saturated rings. The SMILES string of the molecule is O=C(O[C@@]1(CO)CNCCO1)C(F)(F)F. The zero-order valence-electron chi connectivity index (χ0n) is 7.63. The van der Waals surface area contributed by atoms with Crippen LogP contribution in [-0.2, 0) is 14.3 Å². The van der Waals surface area contributed by atoms with Crippen LogP contribution < -0.4 is 5.32 Å². The van der Waals surface area contributed by atoms with Crippen LogP contribution in [0.25, 0.3) is 0 Å². The van der Waals surface area contributed by atoms with Crippen LogP contribution in [0.1, 0.15) is 0 Å². The van der Waals surface area contributed by atoms with E-state index >= 15 is 0 Å². The van der Waals surface area contributed by atoms with Crippen LogP contribution in [0.15, 0.2) is 0 Å². The molecular weight excluding hydrogens is 219 g/mol. The smallest absolute Gasteiger partial charge is 0.422 e. The molecule has 0 bridgehead atoms. The topological polar surface area (TPSA) is 67.8 Å². The molecule has 0 aromatic rings. The van der Waals surface area contributed by atoms with Gasteiger partial charge in [0.1, 0.15) is 6.61 Å². The number of aliphatic hydroxyl groups is 1. The number of alkyl halides is 3. The normalized spacial score (nSPS) is 27.5. The maximum absolute atomic E-state index is 11.9. The van der Waals surface area contributed by atoms with E-state index in [2.05, 4.69) is 10.1 Å². The molecule has 0 saturated carbocycles. The lowest BCUT2D eigenvalue weighted by molar-refractivity contribution is -0.276. The van der Waals surface area contributed by atoms with Gasteiger partial charge in [0.15, 0.2) is 0 Å². The first-order valence-corrected chi connectivity index (χ1v) is 4.15. The summed E-state index contributed by atoms with van der Waals surface area (Å²) in [7, 11) is 0. The first-order valence-electron chi connectivity index (χ1n) is 4.15. The van der Waals surface area contributed by atoms with Gasteiger partial charge < -0.3 is 19.9 Å². The Balaban J connectivity index is 2.63. The molecule has 1 heterocycles. The highest BCUT2D eigenvalue weighted by molar-refractivity contribution is 5.76. The number of esters is 1. The number of hydrogen-bond acceptors (Lipinski definition) is 5. The molecule has 5 nitrogen and oxygen atoms in total. The van der Waals surface area contributed by atoms with Crippen LogP contribution in [0, 0.1) is 0 Å². The van der Waals surface area contributed by atoms with Gasteiger partial charge in [-0.25, -0.2) is 4.79 Å². The fourth-order valence-electron chi connectivity index (χ4n) is 1.07. The molecule has 0 aromatic heterocycles. The van der Waals surface area contributed by atoms with Crippen molar-refractivity contribution < 1.29 is 32.5 Å². The molecule has 0 unspecified atom stereocenters. The number of nitrogens with one attached hydrogen (secondary N) is 1. The van der Waals surface area contributed by atoms with E-state index in [4.69, 9.17) is 9.84 Å².